The number of nitrogens with zero attached hydrogens (tertiary/aromatic N) is 2. The van der Waals surface area contributed by atoms with Gasteiger partial charge in [-0.25, -0.2) is 0 Å². The van der Waals surface area contributed by atoms with Gasteiger partial charge in [-0.15, -0.1) is 0 Å². The fraction of sp³-hybridized carbons (Fsp3) is 0.273. The van der Waals surface area contributed by atoms with Crippen molar-refractivity contribution in [1.82, 2.24) is 4.90 Å². The molecule has 2 heterocycles. The number of amides is 4. The van der Waals surface area contributed by atoms with Crippen LogP contribution >= 0.6 is 23.2 Å². The molecule has 1 atom stereocenters. The fourth-order valence-corrected chi connectivity index (χ4v) is 4.30. The van der Waals surface area contributed by atoms with E-state index in [4.69, 9.17) is 23.2 Å². The van der Waals surface area contributed by atoms with Crippen molar-refractivity contribution in [3.05, 3.63) is 57.1 Å². The smallest absolute Gasteiger partial charge is 0.262 e. The van der Waals surface area contributed by atoms with Gasteiger partial charge in [0.25, 0.3) is 11.8 Å². The third-order valence-corrected chi connectivity index (χ3v) is 6.29. The Kier molecular flexibility index (Phi) is 5.49. The summed E-state index contributed by atoms with van der Waals surface area (Å²) in [6.07, 6.45) is 1.62. The van der Waals surface area contributed by atoms with Gasteiger partial charge in [0.05, 0.1) is 21.2 Å². The van der Waals surface area contributed by atoms with Crippen LogP contribution in [0.5, 0.6) is 0 Å². The topological polar surface area (TPSA) is 86.8 Å². The molecule has 9 heteroatoms. The van der Waals surface area contributed by atoms with Gasteiger partial charge in [0.15, 0.2) is 0 Å². The van der Waals surface area contributed by atoms with Crippen molar-refractivity contribution < 1.29 is 19.2 Å². The number of nitrogens with one attached hydrogen (secondary N) is 1. The molecule has 0 aromatic heterocycles. The highest BCUT2D eigenvalue weighted by atomic mass is 35.5. The first kappa shape index (κ1) is 21.3. The number of carbonyl (C=O) groups excluding carboxylic acids is 4. The van der Waals surface area contributed by atoms with Crippen molar-refractivity contribution in [3.63, 3.8) is 0 Å². The summed E-state index contributed by atoms with van der Waals surface area (Å²) < 4.78 is 0. The molecule has 4 rings (SSSR count). The summed E-state index contributed by atoms with van der Waals surface area (Å²) in [6.45, 7) is 3.67. The first-order chi connectivity index (χ1) is 14.7. The van der Waals surface area contributed by atoms with E-state index in [0.29, 0.717) is 12.2 Å². The van der Waals surface area contributed by atoms with Gasteiger partial charge in [-0.3, -0.25) is 24.1 Å². The van der Waals surface area contributed by atoms with Crippen molar-refractivity contribution in [1.29, 1.82) is 0 Å². The first-order valence-corrected chi connectivity index (χ1v) is 10.5. The quantitative estimate of drug-likeness (QED) is 0.704. The van der Waals surface area contributed by atoms with Crippen LogP contribution in [0.15, 0.2) is 30.3 Å². The number of aryl methyl sites for hydroxylation is 1. The van der Waals surface area contributed by atoms with Gasteiger partial charge < -0.3 is 10.2 Å². The Morgan fingerprint density at radius 3 is 2.23 bits per heavy atom. The Labute approximate surface area is 188 Å². The average Bonchev–Trinajstić information content (AvgIpc) is 2.96. The van der Waals surface area contributed by atoms with Crippen LogP contribution in [0.25, 0.3) is 0 Å². The Morgan fingerprint density at radius 1 is 1.03 bits per heavy atom. The Balaban J connectivity index is 1.54. The molecule has 2 aliphatic heterocycles. The second-order valence-electron chi connectivity index (χ2n) is 7.58. The van der Waals surface area contributed by atoms with Crippen molar-refractivity contribution in [2.24, 2.45) is 0 Å². The van der Waals surface area contributed by atoms with E-state index in [-0.39, 0.29) is 27.1 Å². The standard InChI is InChI=1S/C22H19Cl2N3O4/c1-11(27-21(30)15-9-17(23)18(24)10-16(15)22(27)31)20(29)25-14-5-6-19-13(8-14)4-3-7-26(19)12(2)28/h5-6,8-11H,3-4,7H2,1-2H3,(H,25,29). The van der Waals surface area contributed by atoms with E-state index in [1.165, 1.54) is 26.0 Å². The number of imide groups is 1. The number of hydrogen-bond acceptors (Lipinski definition) is 4. The predicted octanol–water partition coefficient (Wildman–Crippen LogP) is 3.92. The molecule has 0 saturated carbocycles. The van der Waals surface area contributed by atoms with Crippen LogP contribution in [-0.4, -0.2) is 41.1 Å². The molecule has 2 aromatic rings. The third kappa shape index (κ3) is 3.68. The summed E-state index contributed by atoms with van der Waals surface area (Å²) in [5.74, 6) is -1.73. The Hall–Kier alpha value is -2.90. The molecule has 1 N–H and O–H groups in total. The van der Waals surface area contributed by atoms with E-state index in [1.54, 1.807) is 17.0 Å². The second-order valence-corrected chi connectivity index (χ2v) is 8.39. The lowest BCUT2D eigenvalue weighted by molar-refractivity contribution is -0.119. The van der Waals surface area contributed by atoms with Crippen LogP contribution in [0.1, 0.15) is 46.5 Å². The maximum atomic E-state index is 12.8. The van der Waals surface area contributed by atoms with Gasteiger partial charge in [0, 0.05) is 24.8 Å². The lowest BCUT2D eigenvalue weighted by atomic mass is 10.0. The number of hydrogen-bond donors (Lipinski definition) is 1. The molecule has 4 amide bonds. The molecule has 0 fully saturated rings. The van der Waals surface area contributed by atoms with Crippen molar-refractivity contribution in [2.75, 3.05) is 16.8 Å². The molecule has 1 unspecified atom stereocenters. The summed E-state index contributed by atoms with van der Waals surface area (Å²) in [5, 5.41) is 3.09. The third-order valence-electron chi connectivity index (χ3n) is 5.57. The SMILES string of the molecule is CC(=O)N1CCCc2cc(NC(=O)C(C)N3C(=O)c4cc(Cl)c(Cl)cc4C3=O)ccc21. The summed E-state index contributed by atoms with van der Waals surface area (Å²) in [5.41, 5.74) is 2.56. The van der Waals surface area contributed by atoms with Gasteiger partial charge in [-0.1, -0.05) is 23.2 Å². The maximum absolute atomic E-state index is 12.8. The van der Waals surface area contributed by atoms with Gasteiger partial charge in [0.1, 0.15) is 6.04 Å². The Morgan fingerprint density at radius 2 is 1.65 bits per heavy atom. The van der Waals surface area contributed by atoms with E-state index in [2.05, 4.69) is 5.32 Å². The summed E-state index contributed by atoms with van der Waals surface area (Å²) in [7, 11) is 0. The molecule has 2 aliphatic rings. The predicted molar refractivity (Wildman–Crippen MR) is 118 cm³/mol. The van der Waals surface area contributed by atoms with Gasteiger partial charge in [-0.05, 0) is 55.7 Å². The fourth-order valence-electron chi connectivity index (χ4n) is 3.97. The molecule has 160 valence electrons. The molecule has 0 bridgehead atoms. The molecule has 2 aromatic carbocycles. The van der Waals surface area contributed by atoms with Gasteiger partial charge in [0.2, 0.25) is 11.8 Å². The zero-order valence-corrected chi connectivity index (χ0v) is 18.4. The van der Waals surface area contributed by atoms with Gasteiger partial charge >= 0.3 is 0 Å². The molecule has 7 nitrogen and oxygen atoms in total. The number of anilines is 2. The molecule has 0 spiro atoms. The summed E-state index contributed by atoms with van der Waals surface area (Å²) >= 11 is 11.9. The normalized spacial score (nSPS) is 16.1. The van der Waals surface area contributed by atoms with E-state index >= 15 is 0 Å². The second kappa shape index (κ2) is 7.98. The van der Waals surface area contributed by atoms with Crippen LogP contribution in [0.3, 0.4) is 0 Å². The number of fused-ring (bicyclic) bond motifs is 2. The minimum atomic E-state index is -1.05. The number of halogens is 2. The highest BCUT2D eigenvalue weighted by Crippen LogP contribution is 2.33. The summed E-state index contributed by atoms with van der Waals surface area (Å²) in [4.78, 5) is 52.8. The first-order valence-electron chi connectivity index (χ1n) is 9.78. The molecule has 31 heavy (non-hydrogen) atoms. The lowest BCUT2D eigenvalue weighted by Gasteiger charge is -2.29. The van der Waals surface area contributed by atoms with Crippen molar-refractivity contribution in [2.45, 2.75) is 32.7 Å². The zero-order chi connectivity index (χ0) is 22.4. The number of rotatable bonds is 3. The number of benzene rings is 2. The zero-order valence-electron chi connectivity index (χ0n) is 16.9. The van der Waals surface area contributed by atoms with Crippen LogP contribution in [0.2, 0.25) is 10.0 Å². The molecular formula is C22H19Cl2N3O4. The molecular weight excluding hydrogens is 441 g/mol. The lowest BCUT2D eigenvalue weighted by Crippen LogP contribution is -2.45. The van der Waals surface area contributed by atoms with Crippen LogP contribution in [0.4, 0.5) is 11.4 Å². The molecule has 0 aliphatic carbocycles. The van der Waals surface area contributed by atoms with Crippen LogP contribution in [0, 0.1) is 0 Å². The highest BCUT2D eigenvalue weighted by Gasteiger charge is 2.41. The monoisotopic (exact) mass is 459 g/mol. The average molecular weight is 460 g/mol. The minimum Gasteiger partial charge on any atom is -0.324 e. The van der Waals surface area contributed by atoms with E-state index in [9.17, 15) is 19.2 Å². The van der Waals surface area contributed by atoms with Gasteiger partial charge in [-0.2, -0.15) is 0 Å². The van der Waals surface area contributed by atoms with Crippen molar-refractivity contribution in [3.8, 4) is 0 Å². The molecule has 0 saturated heterocycles. The van der Waals surface area contributed by atoms with Crippen molar-refractivity contribution >= 4 is 58.2 Å². The van der Waals surface area contributed by atoms with Crippen LogP contribution in [-0.2, 0) is 16.0 Å². The largest absolute Gasteiger partial charge is 0.324 e. The summed E-state index contributed by atoms with van der Waals surface area (Å²) in [6, 6.07) is 6.95. The van der Waals surface area contributed by atoms with E-state index in [0.717, 1.165) is 29.0 Å². The molecule has 0 radical (unpaired) electrons. The maximum Gasteiger partial charge on any atom is 0.262 e. The van der Waals surface area contributed by atoms with E-state index in [1.807, 2.05) is 6.07 Å². The van der Waals surface area contributed by atoms with E-state index < -0.39 is 23.8 Å². The van der Waals surface area contributed by atoms with Crippen LogP contribution < -0.4 is 10.2 Å². The Bertz CT molecular complexity index is 1110. The number of carbonyl (C=O) groups is 4. The highest BCUT2D eigenvalue weighted by molar-refractivity contribution is 6.43. The minimum absolute atomic E-state index is 0.0304.